The Labute approximate surface area is 90.1 Å². The van der Waals surface area contributed by atoms with Crippen LogP contribution in [0.4, 0.5) is 0 Å². The number of alkyl halides is 1. The third kappa shape index (κ3) is 9.65. The van der Waals surface area contributed by atoms with Crippen molar-refractivity contribution in [3.8, 4) is 0 Å². The Morgan fingerprint density at radius 3 is 2.08 bits per heavy atom. The van der Waals surface area contributed by atoms with Crippen LogP contribution in [-0.4, -0.2) is 10.9 Å². The molecular weight excluding hydrogens is 205 g/mol. The third-order valence-corrected chi connectivity index (χ3v) is 1.90. The van der Waals surface area contributed by atoms with Gasteiger partial charge in [-0.15, -0.1) is 11.6 Å². The predicted molar refractivity (Wildman–Crippen MR) is 59.5 cm³/mol. The zero-order valence-corrected chi connectivity index (χ0v) is 9.35. The van der Waals surface area contributed by atoms with Gasteiger partial charge in [0.25, 0.3) is 0 Å². The van der Waals surface area contributed by atoms with Gasteiger partial charge in [-0.1, -0.05) is 31.4 Å². The molecule has 0 aromatic carbocycles. The van der Waals surface area contributed by atoms with Gasteiger partial charge >= 0.3 is 0 Å². The molecule has 0 saturated heterocycles. The Balaban J connectivity index is 0.000000226. The second-order valence-corrected chi connectivity index (χ2v) is 3.38. The maximum Gasteiger partial charge on any atom is 0.0436 e. The molecule has 0 N–H and O–H groups in total. The summed E-state index contributed by atoms with van der Waals surface area (Å²) in [6.45, 7) is 2.17. The largest absolute Gasteiger partial charge is 0.265 e. The Morgan fingerprint density at radius 2 is 1.85 bits per heavy atom. The summed E-state index contributed by atoms with van der Waals surface area (Å²) in [5, 5.41) is 0.731. The first-order valence-corrected chi connectivity index (χ1v) is 5.34. The lowest BCUT2D eigenvalue weighted by molar-refractivity contribution is 0.776. The van der Waals surface area contributed by atoms with Gasteiger partial charge in [0.2, 0.25) is 0 Å². The van der Waals surface area contributed by atoms with E-state index in [0.717, 1.165) is 10.9 Å². The maximum absolute atomic E-state index is 5.50. The van der Waals surface area contributed by atoms with Crippen molar-refractivity contribution >= 4 is 23.2 Å². The highest BCUT2D eigenvalue weighted by atomic mass is 35.5. The Bertz CT molecular complexity index is 185. The number of nitrogens with zero attached hydrogens (tertiary/aromatic N) is 1. The van der Waals surface area contributed by atoms with Crippen molar-refractivity contribution in [2.75, 3.05) is 5.88 Å². The molecule has 0 fully saturated rings. The average molecular weight is 220 g/mol. The fraction of sp³-hybridized carbons (Fsp3) is 0.500. The van der Waals surface area contributed by atoms with E-state index in [1.165, 1.54) is 19.3 Å². The lowest BCUT2D eigenvalue weighted by atomic mass is 10.3. The van der Waals surface area contributed by atoms with Crippen molar-refractivity contribution in [2.24, 2.45) is 0 Å². The maximum atomic E-state index is 5.50. The van der Waals surface area contributed by atoms with Crippen molar-refractivity contribution < 1.29 is 0 Å². The van der Waals surface area contributed by atoms with Crippen LogP contribution in [0.1, 0.15) is 26.2 Å². The zero-order valence-electron chi connectivity index (χ0n) is 7.84. The molecule has 0 amide bonds. The molecule has 0 bridgehead atoms. The molecule has 0 aliphatic rings. The van der Waals surface area contributed by atoms with Crippen molar-refractivity contribution in [2.45, 2.75) is 26.2 Å². The molecule has 0 saturated carbocycles. The second-order valence-electron chi connectivity index (χ2n) is 2.56. The van der Waals surface area contributed by atoms with E-state index in [1.807, 2.05) is 0 Å². The smallest absolute Gasteiger partial charge is 0.0436 e. The molecule has 1 heterocycles. The summed E-state index contributed by atoms with van der Waals surface area (Å²) < 4.78 is 0. The summed E-state index contributed by atoms with van der Waals surface area (Å²) in [7, 11) is 0. The molecule has 0 unspecified atom stereocenters. The zero-order chi connectivity index (χ0) is 9.94. The van der Waals surface area contributed by atoms with Crippen LogP contribution in [-0.2, 0) is 0 Å². The number of rotatable bonds is 3. The summed E-state index contributed by atoms with van der Waals surface area (Å²) in [4.78, 5) is 3.76. The van der Waals surface area contributed by atoms with Crippen molar-refractivity contribution in [1.82, 2.24) is 4.98 Å². The van der Waals surface area contributed by atoms with Crippen LogP contribution in [0.15, 0.2) is 24.5 Å². The van der Waals surface area contributed by atoms with Crippen LogP contribution in [0, 0.1) is 0 Å². The van der Waals surface area contributed by atoms with E-state index in [2.05, 4.69) is 11.9 Å². The van der Waals surface area contributed by atoms with Crippen LogP contribution >= 0.6 is 23.2 Å². The molecule has 3 heteroatoms. The normalized spacial score (nSPS) is 8.85. The summed E-state index contributed by atoms with van der Waals surface area (Å²) in [6.07, 6.45) is 7.04. The standard InChI is InChI=1S/C5H4ClN.C5H11Cl/c6-5-1-3-7-4-2-5;1-2-3-4-5-6/h1-4H;2-5H2,1H3. The van der Waals surface area contributed by atoms with Gasteiger partial charge < -0.3 is 0 Å². The number of aromatic nitrogens is 1. The number of hydrogen-bond donors (Lipinski definition) is 0. The molecule has 1 aromatic rings. The van der Waals surface area contributed by atoms with E-state index in [9.17, 15) is 0 Å². The molecule has 1 rings (SSSR count). The van der Waals surface area contributed by atoms with Crippen molar-refractivity contribution in [1.29, 1.82) is 0 Å². The molecular formula is C10H15Cl2N. The highest BCUT2D eigenvalue weighted by Gasteiger charge is 1.77. The molecule has 0 aliphatic heterocycles. The minimum absolute atomic E-state index is 0.731. The fourth-order valence-electron chi connectivity index (χ4n) is 0.678. The van der Waals surface area contributed by atoms with E-state index in [0.29, 0.717) is 0 Å². The first-order chi connectivity index (χ1) is 6.31. The van der Waals surface area contributed by atoms with Crippen LogP contribution < -0.4 is 0 Å². The summed E-state index contributed by atoms with van der Waals surface area (Å²) in [5.74, 6) is 0.827. The minimum Gasteiger partial charge on any atom is -0.265 e. The topological polar surface area (TPSA) is 12.9 Å². The van der Waals surface area contributed by atoms with Crippen LogP contribution in [0.5, 0.6) is 0 Å². The van der Waals surface area contributed by atoms with Gasteiger partial charge in [-0.2, -0.15) is 0 Å². The lowest BCUT2D eigenvalue weighted by Gasteiger charge is -1.84. The van der Waals surface area contributed by atoms with Gasteiger partial charge in [-0.05, 0) is 18.6 Å². The fourth-order valence-corrected chi connectivity index (χ4v) is 0.980. The van der Waals surface area contributed by atoms with E-state index >= 15 is 0 Å². The molecule has 1 nitrogen and oxygen atoms in total. The van der Waals surface area contributed by atoms with Gasteiger partial charge in [0.15, 0.2) is 0 Å². The number of unbranched alkanes of at least 4 members (excludes halogenated alkanes) is 2. The third-order valence-electron chi connectivity index (χ3n) is 1.38. The van der Waals surface area contributed by atoms with Crippen molar-refractivity contribution in [3.63, 3.8) is 0 Å². The van der Waals surface area contributed by atoms with E-state index < -0.39 is 0 Å². The monoisotopic (exact) mass is 219 g/mol. The highest BCUT2D eigenvalue weighted by molar-refractivity contribution is 6.30. The molecule has 0 radical (unpaired) electrons. The lowest BCUT2D eigenvalue weighted by Crippen LogP contribution is -1.70. The first kappa shape index (κ1) is 12.7. The minimum atomic E-state index is 0.731. The van der Waals surface area contributed by atoms with E-state index in [-0.39, 0.29) is 0 Å². The SMILES string of the molecule is CCCCCCl.Clc1ccncc1. The van der Waals surface area contributed by atoms with Crippen molar-refractivity contribution in [3.05, 3.63) is 29.5 Å². The summed E-state index contributed by atoms with van der Waals surface area (Å²) in [5.41, 5.74) is 0. The van der Waals surface area contributed by atoms with Crippen LogP contribution in [0.25, 0.3) is 0 Å². The van der Waals surface area contributed by atoms with Gasteiger partial charge in [0.05, 0.1) is 0 Å². The molecule has 0 aliphatic carbocycles. The van der Waals surface area contributed by atoms with Gasteiger partial charge in [-0.3, -0.25) is 4.98 Å². The quantitative estimate of drug-likeness (QED) is 0.550. The van der Waals surface area contributed by atoms with Gasteiger partial charge in [-0.25, -0.2) is 0 Å². The number of pyridine rings is 1. The highest BCUT2D eigenvalue weighted by Crippen LogP contribution is 2.01. The molecule has 0 spiro atoms. The average Bonchev–Trinajstić information content (AvgIpc) is 2.17. The Kier molecular flexibility index (Phi) is 9.61. The Morgan fingerprint density at radius 1 is 1.23 bits per heavy atom. The second kappa shape index (κ2) is 9.82. The predicted octanol–water partition coefficient (Wildman–Crippen LogP) is 4.15. The molecule has 1 aromatic heterocycles. The van der Waals surface area contributed by atoms with E-state index in [1.54, 1.807) is 24.5 Å². The first-order valence-electron chi connectivity index (χ1n) is 4.42. The van der Waals surface area contributed by atoms with Gasteiger partial charge in [0.1, 0.15) is 0 Å². The Hall–Kier alpha value is -0.270. The summed E-state index contributed by atoms with van der Waals surface area (Å²) in [6, 6.07) is 3.48. The number of hydrogen-bond acceptors (Lipinski definition) is 1. The van der Waals surface area contributed by atoms with E-state index in [4.69, 9.17) is 23.2 Å². The number of halogens is 2. The molecule has 0 atom stereocenters. The van der Waals surface area contributed by atoms with Crippen LogP contribution in [0.3, 0.4) is 0 Å². The molecule has 74 valence electrons. The van der Waals surface area contributed by atoms with Gasteiger partial charge in [0, 0.05) is 23.3 Å². The molecule has 13 heavy (non-hydrogen) atoms. The summed E-state index contributed by atoms with van der Waals surface area (Å²) >= 11 is 10.9. The van der Waals surface area contributed by atoms with Crippen LogP contribution in [0.2, 0.25) is 5.02 Å².